The third kappa shape index (κ3) is 4.53. The van der Waals surface area contributed by atoms with E-state index in [1.54, 1.807) is 0 Å². The summed E-state index contributed by atoms with van der Waals surface area (Å²) in [6, 6.07) is 3.96. The lowest BCUT2D eigenvalue weighted by atomic mass is 10.1. The highest BCUT2D eigenvalue weighted by Gasteiger charge is 2.30. The summed E-state index contributed by atoms with van der Waals surface area (Å²) in [4.78, 5) is 11.6. The molecule has 4 nitrogen and oxygen atoms in total. The molecule has 0 aliphatic rings. The zero-order chi connectivity index (χ0) is 14.5. The summed E-state index contributed by atoms with van der Waals surface area (Å²) in [5, 5.41) is 2.49. The Hall–Kier alpha value is -1.60. The molecule has 0 radical (unpaired) electrons. The second kappa shape index (κ2) is 6.53. The predicted molar refractivity (Wildman–Crippen MR) is 61.6 cm³/mol. The minimum atomic E-state index is -4.41. The van der Waals surface area contributed by atoms with Gasteiger partial charge in [0.05, 0.1) is 12.1 Å². The van der Waals surface area contributed by atoms with Gasteiger partial charge in [-0.2, -0.15) is 13.2 Å². The number of methoxy groups -OCH3 is 2. The van der Waals surface area contributed by atoms with Crippen molar-refractivity contribution < 1.29 is 27.4 Å². The van der Waals surface area contributed by atoms with Crippen LogP contribution in [0.1, 0.15) is 15.9 Å². The molecule has 0 fully saturated rings. The lowest BCUT2D eigenvalue weighted by molar-refractivity contribution is -0.137. The number of nitrogens with one attached hydrogen (secondary N) is 1. The Kier molecular flexibility index (Phi) is 5.31. The highest BCUT2D eigenvalue weighted by molar-refractivity contribution is 5.94. The van der Waals surface area contributed by atoms with Gasteiger partial charge in [-0.15, -0.1) is 0 Å². The second-order valence-electron chi connectivity index (χ2n) is 3.69. The van der Waals surface area contributed by atoms with Crippen LogP contribution in [0.5, 0.6) is 0 Å². The van der Waals surface area contributed by atoms with Crippen LogP contribution in [0.2, 0.25) is 0 Å². The monoisotopic (exact) mass is 277 g/mol. The van der Waals surface area contributed by atoms with Crippen LogP contribution in [-0.4, -0.2) is 33.0 Å². The van der Waals surface area contributed by atoms with Gasteiger partial charge in [0, 0.05) is 19.8 Å². The number of alkyl halides is 3. The molecule has 0 aliphatic heterocycles. The Labute approximate surface area is 108 Å². The Morgan fingerprint density at radius 2 is 1.74 bits per heavy atom. The summed E-state index contributed by atoms with van der Waals surface area (Å²) >= 11 is 0. The first-order valence-electron chi connectivity index (χ1n) is 5.39. The fraction of sp³-hybridized carbons (Fsp3) is 0.417. The van der Waals surface area contributed by atoms with Gasteiger partial charge in [-0.1, -0.05) is 0 Å². The van der Waals surface area contributed by atoms with Gasteiger partial charge in [0.2, 0.25) is 0 Å². The summed E-state index contributed by atoms with van der Waals surface area (Å²) in [7, 11) is 2.83. The van der Waals surface area contributed by atoms with Gasteiger partial charge in [-0.25, -0.2) is 0 Å². The molecule has 0 aromatic heterocycles. The van der Waals surface area contributed by atoms with E-state index in [4.69, 9.17) is 9.47 Å². The number of hydrogen-bond acceptors (Lipinski definition) is 3. The zero-order valence-corrected chi connectivity index (χ0v) is 10.5. The Morgan fingerprint density at radius 3 is 2.16 bits per heavy atom. The van der Waals surface area contributed by atoms with E-state index >= 15 is 0 Å². The van der Waals surface area contributed by atoms with E-state index in [9.17, 15) is 18.0 Å². The fourth-order valence-corrected chi connectivity index (χ4v) is 1.35. The van der Waals surface area contributed by atoms with Crippen LogP contribution >= 0.6 is 0 Å². The molecule has 0 heterocycles. The minimum absolute atomic E-state index is 0.104. The molecule has 7 heteroatoms. The first-order chi connectivity index (χ1) is 8.88. The van der Waals surface area contributed by atoms with Crippen molar-refractivity contribution >= 4 is 5.91 Å². The van der Waals surface area contributed by atoms with E-state index in [-0.39, 0.29) is 12.1 Å². The van der Waals surface area contributed by atoms with Crippen molar-refractivity contribution in [3.63, 3.8) is 0 Å². The molecule has 0 atom stereocenters. The molecule has 0 spiro atoms. The maximum Gasteiger partial charge on any atom is 0.416 e. The van der Waals surface area contributed by atoms with Crippen LogP contribution < -0.4 is 5.32 Å². The molecule has 1 rings (SSSR count). The van der Waals surface area contributed by atoms with Crippen LogP contribution in [-0.2, 0) is 15.7 Å². The molecule has 0 saturated heterocycles. The van der Waals surface area contributed by atoms with E-state index in [1.807, 2.05) is 0 Å². The van der Waals surface area contributed by atoms with E-state index in [0.29, 0.717) is 0 Å². The van der Waals surface area contributed by atoms with Crippen LogP contribution in [0.3, 0.4) is 0 Å². The fourth-order valence-electron chi connectivity index (χ4n) is 1.35. The third-order valence-corrected chi connectivity index (χ3v) is 2.43. The van der Waals surface area contributed by atoms with Gasteiger partial charge in [0.25, 0.3) is 5.91 Å². The second-order valence-corrected chi connectivity index (χ2v) is 3.69. The number of ether oxygens (including phenoxy) is 2. The normalized spacial score (nSPS) is 11.7. The Bertz CT molecular complexity index is 413. The maximum absolute atomic E-state index is 12.3. The standard InChI is InChI=1S/C12H14F3NO3/c1-18-10(19-2)7-16-11(17)8-3-5-9(6-4-8)12(13,14)15/h3-6,10H,7H2,1-2H3,(H,16,17). The molecule has 106 valence electrons. The summed E-state index contributed by atoms with van der Waals surface area (Å²) in [5.74, 6) is -0.493. The summed E-state index contributed by atoms with van der Waals surface area (Å²) in [6.07, 6.45) is -5.01. The van der Waals surface area contributed by atoms with Gasteiger partial charge >= 0.3 is 6.18 Å². The molecule has 0 bridgehead atoms. The van der Waals surface area contributed by atoms with Crippen molar-refractivity contribution in [1.29, 1.82) is 0 Å². The van der Waals surface area contributed by atoms with Gasteiger partial charge in [0.1, 0.15) is 0 Å². The molecule has 1 N–H and O–H groups in total. The molecular weight excluding hydrogens is 263 g/mol. The van der Waals surface area contributed by atoms with E-state index < -0.39 is 23.9 Å². The smallest absolute Gasteiger partial charge is 0.354 e. The highest BCUT2D eigenvalue weighted by atomic mass is 19.4. The lowest BCUT2D eigenvalue weighted by Gasteiger charge is -2.14. The molecule has 0 unspecified atom stereocenters. The van der Waals surface area contributed by atoms with Gasteiger partial charge < -0.3 is 14.8 Å². The largest absolute Gasteiger partial charge is 0.416 e. The van der Waals surface area contributed by atoms with E-state index in [1.165, 1.54) is 14.2 Å². The van der Waals surface area contributed by atoms with Crippen LogP contribution in [0.4, 0.5) is 13.2 Å². The Balaban J connectivity index is 2.63. The quantitative estimate of drug-likeness (QED) is 0.838. The molecule has 1 aromatic carbocycles. The van der Waals surface area contributed by atoms with Gasteiger partial charge in [-0.05, 0) is 24.3 Å². The number of amides is 1. The van der Waals surface area contributed by atoms with Crippen LogP contribution in [0.15, 0.2) is 24.3 Å². The van der Waals surface area contributed by atoms with Crippen molar-refractivity contribution in [1.82, 2.24) is 5.32 Å². The average molecular weight is 277 g/mol. The molecule has 19 heavy (non-hydrogen) atoms. The maximum atomic E-state index is 12.3. The van der Waals surface area contributed by atoms with Gasteiger partial charge in [-0.3, -0.25) is 4.79 Å². The number of benzene rings is 1. The van der Waals surface area contributed by atoms with Crippen molar-refractivity contribution in [2.45, 2.75) is 12.5 Å². The number of carbonyl (C=O) groups is 1. The van der Waals surface area contributed by atoms with Crippen molar-refractivity contribution in [3.05, 3.63) is 35.4 Å². The van der Waals surface area contributed by atoms with E-state index in [2.05, 4.69) is 5.32 Å². The average Bonchev–Trinajstić information content (AvgIpc) is 2.39. The van der Waals surface area contributed by atoms with E-state index in [0.717, 1.165) is 24.3 Å². The van der Waals surface area contributed by atoms with Gasteiger partial charge in [0.15, 0.2) is 6.29 Å². The third-order valence-electron chi connectivity index (χ3n) is 2.43. The summed E-state index contributed by atoms with van der Waals surface area (Å²) < 4.78 is 46.7. The van der Waals surface area contributed by atoms with Crippen LogP contribution in [0.25, 0.3) is 0 Å². The van der Waals surface area contributed by atoms with Crippen molar-refractivity contribution in [2.24, 2.45) is 0 Å². The summed E-state index contributed by atoms with van der Waals surface area (Å²) in [6.45, 7) is 0.104. The lowest BCUT2D eigenvalue weighted by Crippen LogP contribution is -2.34. The zero-order valence-electron chi connectivity index (χ0n) is 10.5. The molecular formula is C12H14F3NO3. The molecule has 1 aromatic rings. The SMILES string of the molecule is COC(CNC(=O)c1ccc(C(F)(F)F)cc1)OC. The number of carbonyl (C=O) groups excluding carboxylic acids is 1. The number of rotatable bonds is 5. The van der Waals surface area contributed by atoms with Crippen molar-refractivity contribution in [3.8, 4) is 0 Å². The number of hydrogen-bond donors (Lipinski definition) is 1. The first-order valence-corrected chi connectivity index (χ1v) is 5.39. The number of halogens is 3. The first kappa shape index (κ1) is 15.5. The highest BCUT2D eigenvalue weighted by Crippen LogP contribution is 2.28. The molecule has 0 aliphatic carbocycles. The molecule has 0 saturated carbocycles. The topological polar surface area (TPSA) is 47.6 Å². The summed E-state index contributed by atoms with van der Waals surface area (Å²) in [5.41, 5.74) is -0.658. The van der Waals surface area contributed by atoms with Crippen molar-refractivity contribution in [2.75, 3.05) is 20.8 Å². The molecule has 1 amide bonds. The predicted octanol–water partition coefficient (Wildman–Crippen LogP) is 2.05. The Morgan fingerprint density at radius 1 is 1.21 bits per heavy atom. The minimum Gasteiger partial charge on any atom is -0.354 e. The van der Waals surface area contributed by atoms with Crippen LogP contribution in [0, 0.1) is 0 Å².